The maximum atomic E-state index is 5.51. The van der Waals surface area contributed by atoms with Gasteiger partial charge in [-0.15, -0.1) is 5.10 Å². The van der Waals surface area contributed by atoms with Gasteiger partial charge in [0.15, 0.2) is 5.82 Å². The molecule has 2 aromatic carbocycles. The number of nitrogens with zero attached hydrogens (tertiary/aromatic N) is 3. The van der Waals surface area contributed by atoms with Crippen molar-refractivity contribution in [3.63, 3.8) is 0 Å². The number of benzene rings is 2. The quantitative estimate of drug-likeness (QED) is 0.749. The van der Waals surface area contributed by atoms with Gasteiger partial charge in [-0.3, -0.25) is 4.90 Å². The number of aryl methyl sites for hydroxylation is 2. The molecule has 3 aromatic rings. The summed E-state index contributed by atoms with van der Waals surface area (Å²) in [5.74, 6) is 0.843. The molecule has 1 atom stereocenters. The third-order valence-electron chi connectivity index (χ3n) is 5.21. The van der Waals surface area contributed by atoms with Gasteiger partial charge in [0, 0.05) is 30.4 Å². The van der Waals surface area contributed by atoms with E-state index in [1.54, 1.807) is 0 Å². The van der Waals surface area contributed by atoms with Crippen LogP contribution in [-0.4, -0.2) is 47.9 Å². The highest BCUT2D eigenvalue weighted by molar-refractivity contribution is 5.93. The van der Waals surface area contributed by atoms with Crippen LogP contribution in [0.15, 0.2) is 48.5 Å². The average molecular weight is 362 g/mol. The summed E-state index contributed by atoms with van der Waals surface area (Å²) in [6, 6.07) is 17.2. The van der Waals surface area contributed by atoms with Crippen molar-refractivity contribution < 1.29 is 4.74 Å². The minimum absolute atomic E-state index is 0.143. The van der Waals surface area contributed by atoms with Crippen LogP contribution in [0.2, 0.25) is 0 Å². The molecule has 1 aromatic heterocycles. The molecule has 5 nitrogen and oxygen atoms in total. The largest absolute Gasteiger partial charge is 0.379 e. The van der Waals surface area contributed by atoms with Gasteiger partial charge >= 0.3 is 0 Å². The summed E-state index contributed by atoms with van der Waals surface area (Å²) in [5, 5.41) is 14.8. The van der Waals surface area contributed by atoms with E-state index in [0.717, 1.165) is 55.1 Å². The van der Waals surface area contributed by atoms with E-state index in [0.29, 0.717) is 0 Å². The number of fused-ring (bicyclic) bond motifs is 1. The van der Waals surface area contributed by atoms with Crippen LogP contribution in [0.3, 0.4) is 0 Å². The molecule has 140 valence electrons. The van der Waals surface area contributed by atoms with Crippen molar-refractivity contribution in [1.29, 1.82) is 0 Å². The molecule has 5 heteroatoms. The molecule has 27 heavy (non-hydrogen) atoms. The molecule has 0 amide bonds. The Balaban J connectivity index is 1.66. The van der Waals surface area contributed by atoms with Crippen LogP contribution in [0.5, 0.6) is 0 Å². The first kappa shape index (κ1) is 17.9. The van der Waals surface area contributed by atoms with E-state index in [4.69, 9.17) is 4.74 Å². The zero-order chi connectivity index (χ0) is 18.6. The minimum atomic E-state index is 0.143. The Morgan fingerprint density at radius 1 is 0.963 bits per heavy atom. The van der Waals surface area contributed by atoms with Crippen molar-refractivity contribution in [2.24, 2.45) is 0 Å². The van der Waals surface area contributed by atoms with Gasteiger partial charge in [0.2, 0.25) is 0 Å². The number of aromatic nitrogens is 2. The Morgan fingerprint density at radius 3 is 2.41 bits per heavy atom. The lowest BCUT2D eigenvalue weighted by atomic mass is 10.0. The Bertz CT molecular complexity index is 904. The first-order valence-electron chi connectivity index (χ1n) is 9.56. The van der Waals surface area contributed by atoms with Gasteiger partial charge in [0.1, 0.15) is 0 Å². The molecule has 0 aliphatic carbocycles. The van der Waals surface area contributed by atoms with E-state index in [2.05, 4.69) is 69.8 Å². The highest BCUT2D eigenvalue weighted by atomic mass is 16.5. The molecule has 0 spiro atoms. The van der Waals surface area contributed by atoms with Gasteiger partial charge in [0.05, 0.1) is 24.9 Å². The number of nitrogens with one attached hydrogen (secondary N) is 1. The van der Waals surface area contributed by atoms with Gasteiger partial charge in [-0.25, -0.2) is 0 Å². The third-order valence-corrected chi connectivity index (χ3v) is 5.21. The zero-order valence-corrected chi connectivity index (χ0v) is 16.0. The van der Waals surface area contributed by atoms with Crippen LogP contribution in [-0.2, 0) is 4.74 Å². The first-order chi connectivity index (χ1) is 13.2. The first-order valence-corrected chi connectivity index (χ1v) is 9.56. The van der Waals surface area contributed by atoms with Crippen molar-refractivity contribution >= 4 is 16.6 Å². The lowest BCUT2D eigenvalue weighted by Crippen LogP contribution is -2.40. The second-order valence-corrected chi connectivity index (χ2v) is 7.20. The molecule has 0 radical (unpaired) electrons. The van der Waals surface area contributed by atoms with Gasteiger partial charge in [-0.05, 0) is 19.4 Å². The fourth-order valence-electron chi connectivity index (χ4n) is 3.58. The lowest BCUT2D eigenvalue weighted by Gasteiger charge is -2.31. The molecule has 0 unspecified atom stereocenters. The fraction of sp³-hybridized carbons (Fsp3) is 0.364. The summed E-state index contributed by atoms with van der Waals surface area (Å²) < 4.78 is 5.51. The van der Waals surface area contributed by atoms with Gasteiger partial charge in [0.25, 0.3) is 0 Å². The smallest absolute Gasteiger partial charge is 0.157 e. The maximum absolute atomic E-state index is 5.51. The number of anilines is 1. The predicted octanol–water partition coefficient (Wildman–Crippen LogP) is 3.73. The van der Waals surface area contributed by atoms with E-state index >= 15 is 0 Å². The molecule has 1 aliphatic rings. The molecule has 2 heterocycles. The summed E-state index contributed by atoms with van der Waals surface area (Å²) in [4.78, 5) is 2.45. The Morgan fingerprint density at radius 2 is 1.67 bits per heavy atom. The number of hydrogen-bond acceptors (Lipinski definition) is 5. The van der Waals surface area contributed by atoms with Crippen molar-refractivity contribution in [1.82, 2.24) is 15.1 Å². The molecule has 4 rings (SSSR count). The van der Waals surface area contributed by atoms with Crippen LogP contribution < -0.4 is 5.32 Å². The van der Waals surface area contributed by atoms with E-state index in [-0.39, 0.29) is 6.04 Å². The van der Waals surface area contributed by atoms with Gasteiger partial charge < -0.3 is 10.1 Å². The summed E-state index contributed by atoms with van der Waals surface area (Å²) in [5.41, 5.74) is 3.49. The molecular formula is C22H26N4O. The second-order valence-electron chi connectivity index (χ2n) is 7.20. The molecule has 0 saturated carbocycles. The SMILES string of the molecule is Cc1ccc([C@@H](CN2CCOCC2)Nc2nnc(C)c3ccccc23)cc1. The lowest BCUT2D eigenvalue weighted by molar-refractivity contribution is 0.0361. The molecule has 0 bridgehead atoms. The highest BCUT2D eigenvalue weighted by Gasteiger charge is 2.20. The minimum Gasteiger partial charge on any atom is -0.379 e. The van der Waals surface area contributed by atoms with E-state index in [9.17, 15) is 0 Å². The van der Waals surface area contributed by atoms with Crippen molar-refractivity contribution in [3.05, 3.63) is 65.4 Å². The number of hydrogen-bond donors (Lipinski definition) is 1. The molecule has 1 saturated heterocycles. The molecule has 1 fully saturated rings. The van der Waals surface area contributed by atoms with E-state index in [1.165, 1.54) is 11.1 Å². The Labute approximate surface area is 160 Å². The topological polar surface area (TPSA) is 50.3 Å². The maximum Gasteiger partial charge on any atom is 0.157 e. The second kappa shape index (κ2) is 8.03. The van der Waals surface area contributed by atoms with Crippen molar-refractivity contribution in [2.75, 3.05) is 38.2 Å². The number of morpholine rings is 1. The van der Waals surface area contributed by atoms with Crippen LogP contribution in [0, 0.1) is 13.8 Å². The number of rotatable bonds is 5. The van der Waals surface area contributed by atoms with Gasteiger partial charge in [-0.2, -0.15) is 5.10 Å². The summed E-state index contributed by atoms with van der Waals surface area (Å²) >= 11 is 0. The Kier molecular flexibility index (Phi) is 5.32. The van der Waals surface area contributed by atoms with Crippen molar-refractivity contribution in [2.45, 2.75) is 19.9 Å². The van der Waals surface area contributed by atoms with Crippen LogP contribution in [0.4, 0.5) is 5.82 Å². The average Bonchev–Trinajstić information content (AvgIpc) is 2.71. The van der Waals surface area contributed by atoms with Crippen LogP contribution in [0.1, 0.15) is 22.9 Å². The summed E-state index contributed by atoms with van der Waals surface area (Å²) in [6.07, 6.45) is 0. The van der Waals surface area contributed by atoms with E-state index in [1.807, 2.05) is 13.0 Å². The van der Waals surface area contributed by atoms with Crippen molar-refractivity contribution in [3.8, 4) is 0 Å². The standard InChI is InChI=1S/C22H26N4O/c1-16-7-9-18(10-8-16)21(15-26-11-13-27-14-12-26)23-22-20-6-4-3-5-19(20)17(2)24-25-22/h3-10,21H,11-15H2,1-2H3,(H,23,25)/t21-/m1/s1. The molecular weight excluding hydrogens is 336 g/mol. The normalized spacial score (nSPS) is 16.4. The summed E-state index contributed by atoms with van der Waals surface area (Å²) in [6.45, 7) is 8.56. The van der Waals surface area contributed by atoms with E-state index < -0.39 is 0 Å². The fourth-order valence-corrected chi connectivity index (χ4v) is 3.58. The van der Waals surface area contributed by atoms with Gasteiger partial charge in [-0.1, -0.05) is 54.1 Å². The summed E-state index contributed by atoms with van der Waals surface area (Å²) in [7, 11) is 0. The monoisotopic (exact) mass is 362 g/mol. The zero-order valence-electron chi connectivity index (χ0n) is 16.0. The third kappa shape index (κ3) is 4.10. The van der Waals surface area contributed by atoms with Crippen LogP contribution in [0.25, 0.3) is 10.8 Å². The number of ether oxygens (including phenoxy) is 1. The molecule has 1 N–H and O–H groups in total. The molecule has 1 aliphatic heterocycles. The predicted molar refractivity (Wildman–Crippen MR) is 109 cm³/mol. The highest BCUT2D eigenvalue weighted by Crippen LogP contribution is 2.27. The Hall–Kier alpha value is -2.50. The van der Waals surface area contributed by atoms with Crippen LogP contribution >= 0.6 is 0 Å².